The summed E-state index contributed by atoms with van der Waals surface area (Å²) in [7, 11) is 4.81. The molecule has 0 bridgehead atoms. The van der Waals surface area contributed by atoms with E-state index in [-0.39, 0.29) is 5.78 Å². The summed E-state index contributed by atoms with van der Waals surface area (Å²) in [6.45, 7) is 0.618. The van der Waals surface area contributed by atoms with Crippen LogP contribution in [-0.2, 0) is 0 Å². The van der Waals surface area contributed by atoms with Crippen LogP contribution >= 0.6 is 11.6 Å². The number of benzene rings is 1. The van der Waals surface area contributed by atoms with Gasteiger partial charge in [0.2, 0.25) is 0 Å². The Morgan fingerprint density at radius 2 is 1.94 bits per heavy atom. The zero-order valence-electron chi connectivity index (χ0n) is 10.2. The fraction of sp³-hybridized carbons (Fsp3) is 0.417. The molecule has 0 amide bonds. The number of carbonyl (C=O) groups is 1. The minimum absolute atomic E-state index is 0.00818. The van der Waals surface area contributed by atoms with Gasteiger partial charge >= 0.3 is 0 Å². The monoisotopic (exact) mass is 257 g/mol. The largest absolute Gasteiger partial charge is 0.496 e. The van der Waals surface area contributed by atoms with Gasteiger partial charge in [-0.1, -0.05) is 11.6 Å². The summed E-state index contributed by atoms with van der Waals surface area (Å²) >= 11 is 5.96. The van der Waals surface area contributed by atoms with Crippen molar-refractivity contribution in [2.45, 2.75) is 6.42 Å². The lowest BCUT2D eigenvalue weighted by Crippen LogP contribution is -2.13. The smallest absolute Gasteiger partial charge is 0.168 e. The van der Waals surface area contributed by atoms with Crippen molar-refractivity contribution in [3.63, 3.8) is 0 Å². The molecular formula is C12H16ClNO3. The van der Waals surface area contributed by atoms with Crippen LogP contribution in [0.3, 0.4) is 0 Å². The normalized spacial score (nSPS) is 10.1. The van der Waals surface area contributed by atoms with Crippen LogP contribution in [0.4, 0.5) is 0 Å². The van der Waals surface area contributed by atoms with Gasteiger partial charge in [-0.3, -0.25) is 4.79 Å². The van der Waals surface area contributed by atoms with E-state index in [0.717, 1.165) is 0 Å². The Morgan fingerprint density at radius 3 is 2.47 bits per heavy atom. The maximum atomic E-state index is 11.9. The van der Waals surface area contributed by atoms with Gasteiger partial charge in [-0.15, -0.1) is 0 Å². The van der Waals surface area contributed by atoms with Crippen molar-refractivity contribution >= 4 is 17.4 Å². The molecule has 1 aromatic rings. The highest BCUT2D eigenvalue weighted by atomic mass is 35.5. The Bertz CT molecular complexity index is 407. The molecule has 94 valence electrons. The third-order valence-electron chi connectivity index (χ3n) is 2.38. The Balaban J connectivity index is 3.07. The SMILES string of the molecule is CNCCC(=O)c1cc(OC)c(Cl)cc1OC. The van der Waals surface area contributed by atoms with Gasteiger partial charge in [0, 0.05) is 19.0 Å². The summed E-state index contributed by atoms with van der Waals surface area (Å²) in [6, 6.07) is 3.20. The quantitative estimate of drug-likeness (QED) is 0.794. The van der Waals surface area contributed by atoms with Crippen LogP contribution in [0.15, 0.2) is 12.1 Å². The highest BCUT2D eigenvalue weighted by Gasteiger charge is 2.15. The van der Waals surface area contributed by atoms with Gasteiger partial charge in [-0.2, -0.15) is 0 Å². The molecule has 1 aromatic carbocycles. The summed E-state index contributed by atoms with van der Waals surface area (Å²) in [4.78, 5) is 11.9. The standard InChI is InChI=1S/C12H16ClNO3/c1-14-5-4-10(15)8-6-12(17-3)9(13)7-11(8)16-2/h6-7,14H,4-5H2,1-3H3. The van der Waals surface area contributed by atoms with E-state index < -0.39 is 0 Å². The van der Waals surface area contributed by atoms with E-state index in [1.54, 1.807) is 19.2 Å². The predicted octanol–water partition coefficient (Wildman–Crippen LogP) is 2.15. The van der Waals surface area contributed by atoms with Crippen molar-refractivity contribution in [1.29, 1.82) is 0 Å². The van der Waals surface area contributed by atoms with Gasteiger partial charge < -0.3 is 14.8 Å². The van der Waals surface area contributed by atoms with Crippen LogP contribution in [0.5, 0.6) is 11.5 Å². The molecule has 0 radical (unpaired) electrons. The first-order chi connectivity index (χ1) is 8.13. The molecule has 0 unspecified atom stereocenters. The number of nitrogens with one attached hydrogen (secondary N) is 1. The van der Waals surface area contributed by atoms with Gasteiger partial charge in [0.15, 0.2) is 5.78 Å². The van der Waals surface area contributed by atoms with Gasteiger partial charge in [0.05, 0.1) is 24.8 Å². The molecule has 0 aliphatic heterocycles. The minimum atomic E-state index is -0.00818. The number of carbonyl (C=O) groups excluding carboxylic acids is 1. The summed E-state index contributed by atoms with van der Waals surface area (Å²) in [5.41, 5.74) is 0.490. The van der Waals surface area contributed by atoms with E-state index in [1.807, 2.05) is 0 Å². The molecule has 0 aliphatic carbocycles. The second-order valence-corrected chi connectivity index (χ2v) is 3.87. The van der Waals surface area contributed by atoms with Crippen LogP contribution in [0.1, 0.15) is 16.8 Å². The van der Waals surface area contributed by atoms with Crippen molar-refractivity contribution < 1.29 is 14.3 Å². The molecule has 0 atom stereocenters. The lowest BCUT2D eigenvalue weighted by molar-refractivity contribution is 0.0980. The number of halogens is 1. The average molecular weight is 258 g/mol. The van der Waals surface area contributed by atoms with Gasteiger partial charge in [-0.25, -0.2) is 0 Å². The molecular weight excluding hydrogens is 242 g/mol. The van der Waals surface area contributed by atoms with E-state index >= 15 is 0 Å². The summed E-state index contributed by atoms with van der Waals surface area (Å²) in [5.74, 6) is 0.934. The summed E-state index contributed by atoms with van der Waals surface area (Å²) in [6.07, 6.45) is 0.400. The number of hydrogen-bond donors (Lipinski definition) is 1. The number of ketones is 1. The maximum absolute atomic E-state index is 11.9. The van der Waals surface area contributed by atoms with Crippen molar-refractivity contribution in [2.75, 3.05) is 27.8 Å². The topological polar surface area (TPSA) is 47.6 Å². The minimum Gasteiger partial charge on any atom is -0.496 e. The molecule has 0 aliphatic rings. The molecule has 0 saturated carbocycles. The van der Waals surface area contributed by atoms with E-state index in [2.05, 4.69) is 5.32 Å². The van der Waals surface area contributed by atoms with E-state index in [9.17, 15) is 4.79 Å². The van der Waals surface area contributed by atoms with Crippen LogP contribution < -0.4 is 14.8 Å². The number of rotatable bonds is 6. The maximum Gasteiger partial charge on any atom is 0.168 e. The first-order valence-corrected chi connectivity index (χ1v) is 5.61. The fourth-order valence-electron chi connectivity index (χ4n) is 1.45. The van der Waals surface area contributed by atoms with Gasteiger partial charge in [0.1, 0.15) is 11.5 Å². The molecule has 0 aromatic heterocycles. The van der Waals surface area contributed by atoms with Crippen molar-refractivity contribution in [1.82, 2.24) is 5.32 Å². The van der Waals surface area contributed by atoms with Crippen molar-refractivity contribution in [2.24, 2.45) is 0 Å². The number of ether oxygens (including phenoxy) is 2. The Hall–Kier alpha value is -1.26. The van der Waals surface area contributed by atoms with Crippen LogP contribution in [0, 0.1) is 0 Å². The summed E-state index contributed by atoms with van der Waals surface area (Å²) in [5, 5.41) is 3.35. The lowest BCUT2D eigenvalue weighted by atomic mass is 10.1. The van der Waals surface area contributed by atoms with Crippen LogP contribution in [0.2, 0.25) is 5.02 Å². The lowest BCUT2D eigenvalue weighted by Gasteiger charge is -2.11. The third-order valence-corrected chi connectivity index (χ3v) is 2.67. The summed E-state index contributed by atoms with van der Waals surface area (Å²) < 4.78 is 10.2. The first kappa shape index (κ1) is 13.8. The Labute approximate surface area is 106 Å². The highest BCUT2D eigenvalue weighted by Crippen LogP contribution is 2.32. The Kier molecular flexibility index (Phi) is 5.25. The molecule has 0 heterocycles. The number of hydrogen-bond acceptors (Lipinski definition) is 4. The molecule has 17 heavy (non-hydrogen) atoms. The first-order valence-electron chi connectivity index (χ1n) is 5.23. The molecule has 1 N–H and O–H groups in total. The van der Waals surface area contributed by atoms with E-state index in [1.165, 1.54) is 14.2 Å². The number of methoxy groups -OCH3 is 2. The van der Waals surface area contributed by atoms with Gasteiger partial charge in [0.25, 0.3) is 0 Å². The third kappa shape index (κ3) is 3.35. The fourth-order valence-corrected chi connectivity index (χ4v) is 1.68. The predicted molar refractivity (Wildman–Crippen MR) is 67.4 cm³/mol. The molecule has 0 fully saturated rings. The zero-order chi connectivity index (χ0) is 12.8. The second kappa shape index (κ2) is 6.47. The van der Waals surface area contributed by atoms with Crippen molar-refractivity contribution in [3.8, 4) is 11.5 Å². The van der Waals surface area contributed by atoms with Crippen LogP contribution in [0.25, 0.3) is 0 Å². The van der Waals surface area contributed by atoms with Crippen molar-refractivity contribution in [3.05, 3.63) is 22.7 Å². The molecule has 4 nitrogen and oxygen atoms in total. The Morgan fingerprint density at radius 1 is 1.29 bits per heavy atom. The second-order valence-electron chi connectivity index (χ2n) is 3.46. The highest BCUT2D eigenvalue weighted by molar-refractivity contribution is 6.32. The molecule has 5 heteroatoms. The number of Topliss-reactive ketones (excluding diaryl/α,β-unsaturated/α-hetero) is 1. The molecule has 0 saturated heterocycles. The zero-order valence-corrected chi connectivity index (χ0v) is 10.9. The van der Waals surface area contributed by atoms with Gasteiger partial charge in [-0.05, 0) is 13.1 Å². The van der Waals surface area contributed by atoms with E-state index in [0.29, 0.717) is 35.1 Å². The van der Waals surface area contributed by atoms with Crippen LogP contribution in [-0.4, -0.2) is 33.6 Å². The van der Waals surface area contributed by atoms with E-state index in [4.69, 9.17) is 21.1 Å². The molecule has 0 spiro atoms. The average Bonchev–Trinajstić information content (AvgIpc) is 2.35. The molecule has 1 rings (SSSR count).